The summed E-state index contributed by atoms with van der Waals surface area (Å²) >= 11 is 7.82. The van der Waals surface area contributed by atoms with Crippen LogP contribution in [0.3, 0.4) is 0 Å². The number of hydrogen-bond acceptors (Lipinski definition) is 3. The van der Waals surface area contributed by atoms with Gasteiger partial charge in [0, 0.05) is 5.33 Å². The predicted molar refractivity (Wildman–Crippen MR) is 163 cm³/mol. The molecule has 4 nitrogen and oxygen atoms in total. The minimum absolute atomic E-state index is 0.379. The van der Waals surface area contributed by atoms with Crippen molar-refractivity contribution in [3.63, 3.8) is 0 Å². The molecule has 6 rings (SSSR count). The van der Waals surface area contributed by atoms with Crippen molar-refractivity contribution in [2.75, 3.05) is 0 Å². The SMILES string of the molecule is BrCc1ccc(C(Br)(c2nnn(C(c3ccccc3)(c3ccccc3)c3ccccc3)n2)C2CCCC2)cc1. The molecule has 39 heavy (non-hydrogen) atoms. The summed E-state index contributed by atoms with van der Waals surface area (Å²) in [5.74, 6) is 1.08. The number of nitrogens with zero attached hydrogens (tertiary/aromatic N) is 4. The Morgan fingerprint density at radius 1 is 0.667 bits per heavy atom. The molecule has 0 amide bonds. The zero-order valence-corrected chi connectivity index (χ0v) is 24.8. The lowest BCUT2D eigenvalue weighted by molar-refractivity contribution is 0.387. The highest BCUT2D eigenvalue weighted by molar-refractivity contribution is 9.09. The highest BCUT2D eigenvalue weighted by atomic mass is 79.9. The van der Waals surface area contributed by atoms with Crippen LogP contribution in [0.15, 0.2) is 115 Å². The summed E-state index contributed by atoms with van der Waals surface area (Å²) in [5.41, 5.74) is 4.85. The molecule has 1 aliphatic carbocycles. The second-order valence-electron chi connectivity index (χ2n) is 10.2. The van der Waals surface area contributed by atoms with Gasteiger partial charge >= 0.3 is 0 Å². The number of halogens is 2. The van der Waals surface area contributed by atoms with Crippen LogP contribution in [0.5, 0.6) is 0 Å². The van der Waals surface area contributed by atoms with Gasteiger partial charge in [0.2, 0.25) is 0 Å². The summed E-state index contributed by atoms with van der Waals surface area (Å²) < 4.78 is -0.525. The topological polar surface area (TPSA) is 43.6 Å². The highest BCUT2D eigenvalue weighted by Gasteiger charge is 2.47. The Hall–Kier alpha value is -3.09. The third-order valence-corrected chi connectivity index (χ3v) is 10.2. The number of tetrazole rings is 1. The molecule has 1 aliphatic rings. The van der Waals surface area contributed by atoms with E-state index in [9.17, 15) is 0 Å². The molecule has 0 radical (unpaired) electrons. The second kappa shape index (κ2) is 11.2. The molecule has 0 bridgehead atoms. The Kier molecular flexibility index (Phi) is 7.50. The van der Waals surface area contributed by atoms with Gasteiger partial charge in [-0.2, -0.15) is 0 Å². The van der Waals surface area contributed by atoms with Crippen LogP contribution in [0.25, 0.3) is 0 Å². The Morgan fingerprint density at radius 3 is 1.62 bits per heavy atom. The summed E-state index contributed by atoms with van der Waals surface area (Å²) in [7, 11) is 0. The molecule has 1 saturated carbocycles. The first kappa shape index (κ1) is 26.1. The lowest BCUT2D eigenvalue weighted by Gasteiger charge is -2.35. The van der Waals surface area contributed by atoms with Gasteiger partial charge in [0.05, 0.1) is 0 Å². The van der Waals surface area contributed by atoms with E-state index in [-0.39, 0.29) is 0 Å². The molecule has 6 heteroatoms. The van der Waals surface area contributed by atoms with E-state index in [2.05, 4.69) is 129 Å². The standard InChI is InChI=1S/C33H30Br2N4/c34-24-25-20-22-27(23-21-25)32(35,26-12-10-11-13-26)31-36-38-39(37-31)33(28-14-4-1-5-15-28,29-16-6-2-7-17-29)30-18-8-3-9-19-30/h1-9,14-23,26H,10-13,24H2. The number of alkyl halides is 2. The Labute approximate surface area is 246 Å². The second-order valence-corrected chi connectivity index (χ2v) is 12.0. The summed E-state index contributed by atoms with van der Waals surface area (Å²) in [6.45, 7) is 0. The van der Waals surface area contributed by atoms with Crippen molar-refractivity contribution in [1.82, 2.24) is 20.2 Å². The quantitative estimate of drug-likeness (QED) is 0.127. The van der Waals surface area contributed by atoms with Gasteiger partial charge in [-0.3, -0.25) is 0 Å². The molecule has 1 unspecified atom stereocenters. The normalized spacial score (nSPS) is 15.7. The molecule has 0 aliphatic heterocycles. The van der Waals surface area contributed by atoms with Gasteiger partial charge in [0.25, 0.3) is 0 Å². The van der Waals surface area contributed by atoms with Crippen molar-refractivity contribution < 1.29 is 0 Å². The Morgan fingerprint density at radius 2 is 1.15 bits per heavy atom. The lowest BCUT2D eigenvalue weighted by atomic mass is 9.77. The van der Waals surface area contributed by atoms with E-state index in [4.69, 9.17) is 15.4 Å². The number of aromatic nitrogens is 4. The largest absolute Gasteiger partial charge is 0.196 e. The molecule has 0 N–H and O–H groups in total. The van der Waals surface area contributed by atoms with Gasteiger partial charge in [0.1, 0.15) is 4.32 Å². The van der Waals surface area contributed by atoms with Crippen LogP contribution >= 0.6 is 31.9 Å². The maximum atomic E-state index is 5.29. The van der Waals surface area contributed by atoms with Crippen LogP contribution in [-0.4, -0.2) is 20.2 Å². The zero-order chi connectivity index (χ0) is 26.7. The third kappa shape index (κ3) is 4.57. The van der Waals surface area contributed by atoms with Crippen molar-refractivity contribution in [3.05, 3.63) is 149 Å². The molecule has 1 fully saturated rings. The smallest absolute Gasteiger partial charge is 0.144 e. The van der Waals surface area contributed by atoms with E-state index in [1.807, 2.05) is 23.0 Å². The summed E-state index contributed by atoms with van der Waals surface area (Å²) in [4.78, 5) is 1.83. The fourth-order valence-corrected chi connectivity index (χ4v) is 7.35. The number of hydrogen-bond donors (Lipinski definition) is 0. The average Bonchev–Trinajstić information content (AvgIpc) is 3.73. The van der Waals surface area contributed by atoms with E-state index in [0.717, 1.165) is 34.9 Å². The molecule has 1 atom stereocenters. The molecule has 1 aromatic heterocycles. The van der Waals surface area contributed by atoms with Crippen molar-refractivity contribution in [1.29, 1.82) is 0 Å². The first-order valence-corrected chi connectivity index (χ1v) is 15.4. The molecule has 4 aromatic carbocycles. The van der Waals surface area contributed by atoms with Gasteiger partial charge in [-0.05, 0) is 51.8 Å². The number of benzene rings is 4. The van der Waals surface area contributed by atoms with Crippen LogP contribution in [0.4, 0.5) is 0 Å². The maximum Gasteiger partial charge on any atom is 0.196 e. The first-order chi connectivity index (χ1) is 19.2. The molecule has 196 valence electrons. The van der Waals surface area contributed by atoms with E-state index in [1.54, 1.807) is 0 Å². The Balaban J connectivity index is 1.59. The fraction of sp³-hybridized carbons (Fsp3) is 0.242. The minimum Gasteiger partial charge on any atom is -0.144 e. The predicted octanol–water partition coefficient (Wildman–Crippen LogP) is 8.24. The minimum atomic E-state index is -0.793. The fourth-order valence-electron chi connectivity index (χ4n) is 6.09. The summed E-state index contributed by atoms with van der Waals surface area (Å²) in [5, 5.41) is 15.8. The van der Waals surface area contributed by atoms with Crippen molar-refractivity contribution in [3.8, 4) is 0 Å². The van der Waals surface area contributed by atoms with Crippen LogP contribution < -0.4 is 0 Å². The van der Waals surface area contributed by atoms with E-state index in [1.165, 1.54) is 24.0 Å². The van der Waals surface area contributed by atoms with Gasteiger partial charge in [-0.25, -0.2) is 0 Å². The highest BCUT2D eigenvalue weighted by Crippen LogP contribution is 2.50. The van der Waals surface area contributed by atoms with Crippen LogP contribution in [0, 0.1) is 5.92 Å². The van der Waals surface area contributed by atoms with Gasteiger partial charge in [-0.15, -0.1) is 15.0 Å². The average molecular weight is 642 g/mol. The summed E-state index contributed by atoms with van der Waals surface area (Å²) in [6.07, 6.45) is 4.68. The van der Waals surface area contributed by atoms with Gasteiger partial charge in [-0.1, -0.05) is 160 Å². The van der Waals surface area contributed by atoms with Crippen molar-refractivity contribution in [2.24, 2.45) is 5.92 Å². The van der Waals surface area contributed by atoms with Gasteiger partial charge < -0.3 is 0 Å². The molecule has 5 aromatic rings. The zero-order valence-electron chi connectivity index (χ0n) is 21.6. The van der Waals surface area contributed by atoms with E-state index < -0.39 is 9.86 Å². The van der Waals surface area contributed by atoms with Crippen LogP contribution in [0.2, 0.25) is 0 Å². The molecular weight excluding hydrogens is 612 g/mol. The lowest BCUT2D eigenvalue weighted by Crippen LogP contribution is -2.40. The van der Waals surface area contributed by atoms with Crippen molar-refractivity contribution >= 4 is 31.9 Å². The summed E-state index contributed by atoms with van der Waals surface area (Å²) in [6, 6.07) is 40.3. The van der Waals surface area contributed by atoms with Crippen LogP contribution in [0.1, 0.15) is 59.3 Å². The molecule has 0 saturated heterocycles. The van der Waals surface area contributed by atoms with Crippen molar-refractivity contribution in [2.45, 2.75) is 40.9 Å². The van der Waals surface area contributed by atoms with E-state index in [0.29, 0.717) is 11.7 Å². The number of rotatable bonds is 8. The van der Waals surface area contributed by atoms with Crippen LogP contribution in [-0.2, 0) is 15.2 Å². The van der Waals surface area contributed by atoms with Gasteiger partial charge in [0.15, 0.2) is 11.4 Å². The Bertz CT molecular complexity index is 1400. The van der Waals surface area contributed by atoms with E-state index >= 15 is 0 Å². The molecule has 1 heterocycles. The molecular formula is C33H30Br2N4. The molecule has 0 spiro atoms. The maximum absolute atomic E-state index is 5.29. The third-order valence-electron chi connectivity index (χ3n) is 8.06. The monoisotopic (exact) mass is 640 g/mol. The first-order valence-electron chi connectivity index (χ1n) is 13.5.